The molecule has 3 heterocycles. The summed E-state index contributed by atoms with van der Waals surface area (Å²) in [5.41, 5.74) is 12.2. The van der Waals surface area contributed by atoms with Crippen LogP contribution in [0.4, 0.5) is 17.1 Å². The third kappa shape index (κ3) is 2.97. The number of nitrogens with two attached hydrogens (primary N) is 1. The van der Waals surface area contributed by atoms with E-state index in [-0.39, 0.29) is 5.91 Å². The smallest absolute Gasteiger partial charge is 0.275 e. The molecule has 0 spiro atoms. The lowest BCUT2D eigenvalue weighted by Crippen LogP contribution is -2.26. The maximum absolute atomic E-state index is 13.9. The van der Waals surface area contributed by atoms with Crippen LogP contribution in [0.2, 0.25) is 0 Å². The van der Waals surface area contributed by atoms with E-state index in [9.17, 15) is 4.79 Å². The molecule has 5 rings (SSSR count). The van der Waals surface area contributed by atoms with Gasteiger partial charge in [0.25, 0.3) is 5.91 Å². The number of rotatable bonds is 2. The number of anilines is 3. The Hall–Kier alpha value is -3.18. The van der Waals surface area contributed by atoms with Crippen molar-refractivity contribution in [1.82, 2.24) is 4.98 Å². The molecule has 150 valence electrons. The number of hydrogen-bond acceptors (Lipinski definition) is 4. The van der Waals surface area contributed by atoms with Crippen molar-refractivity contribution in [2.24, 2.45) is 0 Å². The highest BCUT2D eigenvalue weighted by Gasteiger charge is 2.29. The average Bonchev–Trinajstić information content (AvgIpc) is 2.99. The Morgan fingerprint density at radius 2 is 1.57 bits per heavy atom. The third-order valence-corrected chi connectivity index (χ3v) is 6.84. The summed E-state index contributed by atoms with van der Waals surface area (Å²) >= 11 is 1.39. The second-order valence-electron chi connectivity index (χ2n) is 7.99. The molecule has 2 N–H and O–H groups in total. The topological polar surface area (TPSA) is 59.2 Å². The van der Waals surface area contributed by atoms with Crippen molar-refractivity contribution in [1.29, 1.82) is 0 Å². The Morgan fingerprint density at radius 1 is 0.967 bits per heavy atom. The van der Waals surface area contributed by atoms with Gasteiger partial charge < -0.3 is 5.73 Å². The lowest BCUT2D eigenvalue weighted by atomic mass is 10.0. The number of nitrogens with zero attached hydrogens (tertiary/aromatic N) is 2. The van der Waals surface area contributed by atoms with Crippen molar-refractivity contribution in [2.75, 3.05) is 10.6 Å². The lowest BCUT2D eigenvalue weighted by molar-refractivity contribution is 0.100. The summed E-state index contributed by atoms with van der Waals surface area (Å²) in [4.78, 5) is 21.9. The van der Waals surface area contributed by atoms with Gasteiger partial charge in [-0.2, -0.15) is 0 Å². The number of amides is 1. The lowest BCUT2D eigenvalue weighted by Gasteiger charge is -2.24. The minimum Gasteiger partial charge on any atom is -0.397 e. The number of para-hydroxylation sites is 2. The molecule has 0 bridgehead atoms. The van der Waals surface area contributed by atoms with E-state index in [4.69, 9.17) is 10.7 Å². The number of nitrogen functional groups attached to an aromatic ring is 1. The van der Waals surface area contributed by atoms with E-state index in [0.29, 0.717) is 16.5 Å². The highest BCUT2D eigenvalue weighted by molar-refractivity contribution is 7.21. The molecule has 0 saturated carbocycles. The number of aromatic nitrogens is 1. The predicted molar refractivity (Wildman–Crippen MR) is 125 cm³/mol. The number of fused-ring (bicyclic) bond motifs is 3. The van der Waals surface area contributed by atoms with E-state index in [0.717, 1.165) is 40.1 Å². The van der Waals surface area contributed by atoms with Crippen LogP contribution in [0.5, 0.6) is 0 Å². The van der Waals surface area contributed by atoms with Gasteiger partial charge in [0.2, 0.25) is 0 Å². The number of benzene rings is 2. The van der Waals surface area contributed by atoms with Crippen molar-refractivity contribution >= 4 is 44.5 Å². The molecule has 1 aliphatic rings. The van der Waals surface area contributed by atoms with Gasteiger partial charge in [-0.3, -0.25) is 9.69 Å². The fraction of sp³-hybridized carbons (Fsp3) is 0.200. The van der Waals surface area contributed by atoms with E-state index in [1.165, 1.54) is 22.5 Å². The molecule has 0 radical (unpaired) electrons. The standard InChI is InChI=1S/C25H23N3OS/c1-15(2)19-14-13-18-22(26)23(30-24(18)27-19)25(29)28-20-9-5-3-7-16(20)11-12-17-8-4-6-10-21(17)28/h3-10,13-15H,11-12,26H2,1-2H3. The van der Waals surface area contributed by atoms with E-state index in [2.05, 4.69) is 26.0 Å². The SMILES string of the molecule is CC(C)c1ccc2c(N)c(C(=O)N3c4ccccc4CCc4ccccc43)sc2n1. The quantitative estimate of drug-likeness (QED) is 0.433. The number of thiophene rings is 1. The van der Waals surface area contributed by atoms with E-state index >= 15 is 0 Å². The van der Waals surface area contributed by atoms with Crippen molar-refractivity contribution in [3.63, 3.8) is 0 Å². The summed E-state index contributed by atoms with van der Waals surface area (Å²) in [6.45, 7) is 4.23. The maximum Gasteiger partial charge on any atom is 0.275 e. The largest absolute Gasteiger partial charge is 0.397 e. The monoisotopic (exact) mass is 413 g/mol. The predicted octanol–water partition coefficient (Wildman–Crippen LogP) is 6.08. The van der Waals surface area contributed by atoms with Crippen LogP contribution in [0.3, 0.4) is 0 Å². The zero-order valence-electron chi connectivity index (χ0n) is 17.1. The molecule has 5 heteroatoms. The number of hydrogen-bond donors (Lipinski definition) is 1. The maximum atomic E-state index is 13.9. The Bertz CT molecular complexity index is 1230. The Balaban J connectivity index is 1.69. The number of aryl methyl sites for hydroxylation is 2. The molecule has 4 nitrogen and oxygen atoms in total. The second-order valence-corrected chi connectivity index (χ2v) is 8.99. The first-order chi connectivity index (χ1) is 14.5. The van der Waals surface area contributed by atoms with Gasteiger partial charge in [0.15, 0.2) is 0 Å². The zero-order chi connectivity index (χ0) is 20.8. The number of carbonyl (C=O) groups excluding carboxylic acids is 1. The molecular formula is C25H23N3OS. The molecule has 1 amide bonds. The first kappa shape index (κ1) is 18.8. The van der Waals surface area contributed by atoms with Crippen LogP contribution < -0.4 is 10.6 Å². The summed E-state index contributed by atoms with van der Waals surface area (Å²) in [5, 5.41) is 0.851. The molecule has 4 aromatic rings. The molecule has 30 heavy (non-hydrogen) atoms. The fourth-order valence-corrected chi connectivity index (χ4v) is 5.12. The Kier molecular flexibility index (Phi) is 4.55. The van der Waals surface area contributed by atoms with E-state index in [1.807, 2.05) is 53.4 Å². The van der Waals surface area contributed by atoms with Crippen LogP contribution in [0.15, 0.2) is 60.7 Å². The summed E-state index contributed by atoms with van der Waals surface area (Å²) in [6, 6.07) is 20.3. The van der Waals surface area contributed by atoms with Crippen LogP contribution in [0, 0.1) is 0 Å². The Morgan fingerprint density at radius 3 is 2.17 bits per heavy atom. The normalized spacial score (nSPS) is 13.2. The summed E-state index contributed by atoms with van der Waals surface area (Å²) in [7, 11) is 0. The van der Waals surface area contributed by atoms with Crippen molar-refractivity contribution in [2.45, 2.75) is 32.6 Å². The summed E-state index contributed by atoms with van der Waals surface area (Å²) in [6.07, 6.45) is 1.80. The molecule has 0 fully saturated rings. The highest BCUT2D eigenvalue weighted by atomic mass is 32.1. The highest BCUT2D eigenvalue weighted by Crippen LogP contribution is 2.40. The van der Waals surface area contributed by atoms with Crippen LogP contribution in [-0.2, 0) is 12.8 Å². The minimum absolute atomic E-state index is 0.0941. The minimum atomic E-state index is -0.0941. The zero-order valence-corrected chi connectivity index (χ0v) is 17.9. The molecule has 2 aromatic carbocycles. The number of carbonyl (C=O) groups is 1. The van der Waals surface area contributed by atoms with E-state index in [1.54, 1.807) is 0 Å². The van der Waals surface area contributed by atoms with Gasteiger partial charge in [0.1, 0.15) is 9.71 Å². The molecule has 0 unspecified atom stereocenters. The number of pyridine rings is 1. The Labute approximate surface area is 180 Å². The summed E-state index contributed by atoms with van der Waals surface area (Å²) < 4.78 is 0. The van der Waals surface area contributed by atoms with Crippen LogP contribution in [-0.4, -0.2) is 10.9 Å². The first-order valence-electron chi connectivity index (χ1n) is 10.2. The molecule has 1 aliphatic heterocycles. The average molecular weight is 414 g/mol. The van der Waals surface area contributed by atoms with Gasteiger partial charge in [-0.15, -0.1) is 11.3 Å². The van der Waals surface area contributed by atoms with Gasteiger partial charge in [0, 0.05) is 11.1 Å². The van der Waals surface area contributed by atoms with Gasteiger partial charge in [0.05, 0.1) is 17.1 Å². The molecule has 0 atom stereocenters. The molecule has 0 saturated heterocycles. The summed E-state index contributed by atoms with van der Waals surface area (Å²) in [5.74, 6) is 0.227. The van der Waals surface area contributed by atoms with E-state index < -0.39 is 0 Å². The molecule has 2 aromatic heterocycles. The third-order valence-electron chi connectivity index (χ3n) is 5.73. The molecular weight excluding hydrogens is 390 g/mol. The molecule has 0 aliphatic carbocycles. The first-order valence-corrected chi connectivity index (χ1v) is 11.1. The van der Waals surface area contributed by atoms with Crippen molar-refractivity contribution in [3.8, 4) is 0 Å². The van der Waals surface area contributed by atoms with Crippen molar-refractivity contribution in [3.05, 3.63) is 82.4 Å². The van der Waals surface area contributed by atoms with Gasteiger partial charge in [-0.1, -0.05) is 50.2 Å². The fourth-order valence-electron chi connectivity index (χ4n) is 4.09. The van der Waals surface area contributed by atoms with Crippen LogP contribution in [0.25, 0.3) is 10.2 Å². The van der Waals surface area contributed by atoms with Gasteiger partial charge in [-0.25, -0.2) is 4.98 Å². The van der Waals surface area contributed by atoms with Gasteiger partial charge >= 0.3 is 0 Å². The second kappa shape index (κ2) is 7.26. The van der Waals surface area contributed by atoms with Gasteiger partial charge in [-0.05, 0) is 54.2 Å². The van der Waals surface area contributed by atoms with Crippen LogP contribution in [0.1, 0.15) is 46.3 Å². The van der Waals surface area contributed by atoms with Crippen LogP contribution >= 0.6 is 11.3 Å². The van der Waals surface area contributed by atoms with Crippen molar-refractivity contribution < 1.29 is 4.79 Å².